The van der Waals surface area contributed by atoms with Crippen molar-refractivity contribution < 1.29 is 9.90 Å². The Morgan fingerprint density at radius 2 is 2.08 bits per heavy atom. The minimum Gasteiger partial charge on any atom is -0.241 e. The molecule has 0 spiro atoms. The number of carbonyl (C=O) groups excluding carboxylic acids is 1. The number of carbonyl (C=O) groups is 1. The SMILES string of the molecule is [O]C(=O)c1cccc(Cl)c1C1CC1. The van der Waals surface area contributed by atoms with Crippen LogP contribution in [-0.4, -0.2) is 5.97 Å². The highest BCUT2D eigenvalue weighted by atomic mass is 35.5. The predicted molar refractivity (Wildman–Crippen MR) is 48.4 cm³/mol. The van der Waals surface area contributed by atoms with E-state index in [1.54, 1.807) is 18.2 Å². The van der Waals surface area contributed by atoms with Crippen molar-refractivity contribution >= 4 is 17.6 Å². The van der Waals surface area contributed by atoms with Gasteiger partial charge in [-0.15, -0.1) is 0 Å². The fraction of sp³-hybridized carbons (Fsp3) is 0.300. The second-order valence-corrected chi connectivity index (χ2v) is 3.67. The summed E-state index contributed by atoms with van der Waals surface area (Å²) >= 11 is 5.92. The molecule has 13 heavy (non-hydrogen) atoms. The predicted octanol–water partition coefficient (Wildman–Crippen LogP) is 2.79. The van der Waals surface area contributed by atoms with Crippen LogP contribution < -0.4 is 0 Å². The summed E-state index contributed by atoms with van der Waals surface area (Å²) in [7, 11) is 0. The van der Waals surface area contributed by atoms with Crippen molar-refractivity contribution in [2.24, 2.45) is 0 Å². The molecule has 1 saturated carbocycles. The molecule has 67 valence electrons. The van der Waals surface area contributed by atoms with E-state index in [9.17, 15) is 9.90 Å². The molecule has 0 heterocycles. The van der Waals surface area contributed by atoms with E-state index >= 15 is 0 Å². The first-order valence-corrected chi connectivity index (χ1v) is 4.57. The van der Waals surface area contributed by atoms with E-state index in [1.807, 2.05) is 0 Å². The molecule has 0 saturated heterocycles. The van der Waals surface area contributed by atoms with Gasteiger partial charge in [0.1, 0.15) is 0 Å². The zero-order chi connectivity index (χ0) is 9.42. The maximum atomic E-state index is 10.7. The van der Waals surface area contributed by atoms with E-state index in [2.05, 4.69) is 0 Å². The van der Waals surface area contributed by atoms with Crippen molar-refractivity contribution in [1.82, 2.24) is 0 Å². The molecular formula is C10H8ClO2. The van der Waals surface area contributed by atoms with Crippen molar-refractivity contribution in [3.63, 3.8) is 0 Å². The van der Waals surface area contributed by atoms with Gasteiger partial charge in [0.05, 0.1) is 5.56 Å². The van der Waals surface area contributed by atoms with Crippen LogP contribution in [0.4, 0.5) is 0 Å². The van der Waals surface area contributed by atoms with Crippen molar-refractivity contribution in [3.05, 3.63) is 34.3 Å². The van der Waals surface area contributed by atoms with Crippen LogP contribution in [0.3, 0.4) is 0 Å². The van der Waals surface area contributed by atoms with Crippen LogP contribution in [0.5, 0.6) is 0 Å². The first-order chi connectivity index (χ1) is 6.20. The maximum Gasteiger partial charge on any atom is 0.386 e. The normalized spacial score (nSPS) is 15.8. The fourth-order valence-electron chi connectivity index (χ4n) is 1.50. The van der Waals surface area contributed by atoms with Crippen LogP contribution >= 0.6 is 11.6 Å². The maximum absolute atomic E-state index is 10.7. The highest BCUT2D eigenvalue weighted by molar-refractivity contribution is 6.32. The molecule has 0 N–H and O–H groups in total. The smallest absolute Gasteiger partial charge is 0.241 e. The molecule has 1 radical (unpaired) electrons. The average Bonchev–Trinajstić information content (AvgIpc) is 2.86. The van der Waals surface area contributed by atoms with Gasteiger partial charge in [-0.3, -0.25) is 0 Å². The minimum atomic E-state index is -1.13. The molecule has 0 aliphatic heterocycles. The van der Waals surface area contributed by atoms with Gasteiger partial charge < -0.3 is 0 Å². The molecule has 1 aliphatic rings. The quantitative estimate of drug-likeness (QED) is 0.715. The lowest BCUT2D eigenvalue weighted by Crippen LogP contribution is -2.00. The third kappa shape index (κ3) is 1.54. The third-order valence-corrected chi connectivity index (χ3v) is 2.59. The summed E-state index contributed by atoms with van der Waals surface area (Å²) in [6, 6.07) is 4.91. The van der Waals surface area contributed by atoms with Gasteiger partial charge in [0.15, 0.2) is 0 Å². The first kappa shape index (κ1) is 8.57. The van der Waals surface area contributed by atoms with E-state index in [-0.39, 0.29) is 5.56 Å². The lowest BCUT2D eigenvalue weighted by molar-refractivity contribution is 0.0572. The van der Waals surface area contributed by atoms with Crippen molar-refractivity contribution in [2.45, 2.75) is 18.8 Å². The van der Waals surface area contributed by atoms with Gasteiger partial charge in [-0.25, -0.2) is 9.90 Å². The van der Waals surface area contributed by atoms with E-state index in [0.29, 0.717) is 10.9 Å². The number of hydrogen-bond donors (Lipinski definition) is 0. The van der Waals surface area contributed by atoms with E-state index < -0.39 is 5.97 Å². The van der Waals surface area contributed by atoms with Crippen LogP contribution in [-0.2, 0) is 5.11 Å². The molecule has 2 nitrogen and oxygen atoms in total. The van der Waals surface area contributed by atoms with Gasteiger partial charge in [0.25, 0.3) is 0 Å². The summed E-state index contributed by atoms with van der Waals surface area (Å²) in [5, 5.41) is 11.3. The molecule has 1 fully saturated rings. The summed E-state index contributed by atoms with van der Waals surface area (Å²) in [6.45, 7) is 0. The van der Waals surface area contributed by atoms with Gasteiger partial charge in [0.2, 0.25) is 0 Å². The minimum absolute atomic E-state index is 0.245. The Hall–Kier alpha value is -1.02. The second kappa shape index (κ2) is 3.04. The average molecular weight is 196 g/mol. The molecule has 1 aromatic carbocycles. The van der Waals surface area contributed by atoms with E-state index in [0.717, 1.165) is 18.4 Å². The molecule has 2 rings (SSSR count). The van der Waals surface area contributed by atoms with Gasteiger partial charge in [-0.2, -0.15) is 0 Å². The molecule has 3 heteroatoms. The topological polar surface area (TPSA) is 37.0 Å². The third-order valence-electron chi connectivity index (χ3n) is 2.26. The van der Waals surface area contributed by atoms with Gasteiger partial charge in [-0.05, 0) is 36.5 Å². The van der Waals surface area contributed by atoms with Crippen LogP contribution in [0.25, 0.3) is 0 Å². The Bertz CT molecular complexity index is 356. The zero-order valence-corrected chi connectivity index (χ0v) is 7.67. The summed E-state index contributed by atoms with van der Waals surface area (Å²) in [6.07, 6.45) is 2.06. The summed E-state index contributed by atoms with van der Waals surface area (Å²) in [5.74, 6) is -0.800. The fourth-order valence-corrected chi connectivity index (χ4v) is 1.83. The number of hydrogen-bond acceptors (Lipinski definition) is 1. The summed E-state index contributed by atoms with van der Waals surface area (Å²) in [4.78, 5) is 10.7. The molecule has 0 aromatic heterocycles. The van der Waals surface area contributed by atoms with Gasteiger partial charge in [-0.1, -0.05) is 17.7 Å². The van der Waals surface area contributed by atoms with E-state index in [1.165, 1.54) is 0 Å². The summed E-state index contributed by atoms with van der Waals surface area (Å²) in [5.41, 5.74) is 0.999. The largest absolute Gasteiger partial charge is 0.386 e. The Kier molecular flexibility index (Phi) is 2.00. The van der Waals surface area contributed by atoms with Crippen molar-refractivity contribution in [3.8, 4) is 0 Å². The number of halogens is 1. The second-order valence-electron chi connectivity index (χ2n) is 3.26. The zero-order valence-electron chi connectivity index (χ0n) is 6.92. The highest BCUT2D eigenvalue weighted by Crippen LogP contribution is 2.44. The molecule has 0 unspecified atom stereocenters. The first-order valence-electron chi connectivity index (χ1n) is 4.20. The standard InChI is InChI=1S/C10H8ClO2/c11-8-3-1-2-7(10(12)13)9(8)6-4-5-6/h1-3,6H,4-5H2. The Labute approximate surface area is 81.1 Å². The lowest BCUT2D eigenvalue weighted by atomic mass is 10.0. The number of benzene rings is 1. The lowest BCUT2D eigenvalue weighted by Gasteiger charge is -2.04. The van der Waals surface area contributed by atoms with E-state index in [4.69, 9.17) is 11.6 Å². The van der Waals surface area contributed by atoms with Gasteiger partial charge in [0, 0.05) is 5.02 Å². The van der Waals surface area contributed by atoms with Gasteiger partial charge >= 0.3 is 5.97 Å². The molecule has 1 aliphatic carbocycles. The Morgan fingerprint density at radius 1 is 1.38 bits per heavy atom. The molecular weight excluding hydrogens is 188 g/mol. The summed E-state index contributed by atoms with van der Waals surface area (Å²) < 4.78 is 0. The van der Waals surface area contributed by atoms with Crippen LogP contribution in [0.1, 0.15) is 34.7 Å². The molecule has 0 atom stereocenters. The van der Waals surface area contributed by atoms with Crippen LogP contribution in [0, 0.1) is 0 Å². The van der Waals surface area contributed by atoms with Crippen LogP contribution in [0.15, 0.2) is 18.2 Å². The highest BCUT2D eigenvalue weighted by Gasteiger charge is 2.30. The van der Waals surface area contributed by atoms with Crippen molar-refractivity contribution in [1.29, 1.82) is 0 Å². The Morgan fingerprint density at radius 3 is 2.62 bits per heavy atom. The Balaban J connectivity index is 2.53. The number of rotatable bonds is 2. The monoisotopic (exact) mass is 195 g/mol. The van der Waals surface area contributed by atoms with Crippen molar-refractivity contribution in [2.75, 3.05) is 0 Å². The molecule has 0 amide bonds. The molecule has 0 bridgehead atoms. The molecule has 1 aromatic rings. The van der Waals surface area contributed by atoms with Crippen LogP contribution in [0.2, 0.25) is 5.02 Å².